The van der Waals surface area contributed by atoms with Gasteiger partial charge in [-0.15, -0.1) is 0 Å². The molecule has 2 heterocycles. The predicted molar refractivity (Wildman–Crippen MR) is 139 cm³/mol. The molecule has 0 atom stereocenters. The number of nitrogens with zero attached hydrogens (tertiary/aromatic N) is 4. The average Bonchev–Trinajstić information content (AvgIpc) is 3.24. The van der Waals surface area contributed by atoms with Crippen molar-refractivity contribution < 1.29 is 19.0 Å². The van der Waals surface area contributed by atoms with Crippen LogP contribution in [0.5, 0.6) is 11.5 Å². The number of benzene rings is 2. The molecule has 0 saturated carbocycles. The minimum atomic E-state index is -0.684. The third-order valence-electron chi connectivity index (χ3n) is 5.29. The van der Waals surface area contributed by atoms with Crippen molar-refractivity contribution in [2.45, 2.75) is 32.8 Å². The minimum Gasteiger partial charge on any atom is -0.456 e. The number of hydrogen-bond donors (Lipinski definition) is 2. The van der Waals surface area contributed by atoms with Gasteiger partial charge in [-0.3, -0.25) is 10.4 Å². The molecule has 10 nitrogen and oxygen atoms in total. The Labute approximate surface area is 210 Å². The van der Waals surface area contributed by atoms with Gasteiger partial charge in [-0.1, -0.05) is 18.2 Å². The highest BCUT2D eigenvalue weighted by atomic mass is 16.6. The average molecular weight is 491 g/mol. The van der Waals surface area contributed by atoms with Gasteiger partial charge in [-0.25, -0.2) is 9.79 Å². The third kappa shape index (κ3) is 6.07. The van der Waals surface area contributed by atoms with E-state index in [1.165, 1.54) is 12.1 Å². The molecule has 0 aromatic heterocycles. The number of carbonyl (C=O) groups excluding carboxylic acids is 1. The van der Waals surface area contributed by atoms with Crippen LogP contribution in [-0.4, -0.2) is 66.7 Å². The van der Waals surface area contributed by atoms with E-state index in [4.69, 9.17) is 25.4 Å². The number of hydrogen-bond acceptors (Lipinski definition) is 9. The molecule has 0 saturated heterocycles. The maximum atomic E-state index is 12.8. The molecule has 0 fully saturated rings. The van der Waals surface area contributed by atoms with E-state index in [0.29, 0.717) is 30.2 Å². The summed E-state index contributed by atoms with van der Waals surface area (Å²) in [5.41, 5.74) is 6.53. The molecule has 0 unspecified atom stereocenters. The normalized spacial score (nSPS) is 15.6. The fraction of sp³-hybridized carbons (Fsp3) is 0.346. The van der Waals surface area contributed by atoms with Crippen molar-refractivity contribution in [3.8, 4) is 11.5 Å². The first-order valence-electron chi connectivity index (χ1n) is 11.6. The number of nitrogens with two attached hydrogens (primary N) is 1. The summed E-state index contributed by atoms with van der Waals surface area (Å²) in [4.78, 5) is 28.2. The molecule has 0 spiro atoms. The highest BCUT2D eigenvalue weighted by Crippen LogP contribution is 2.25. The summed E-state index contributed by atoms with van der Waals surface area (Å²) in [6, 6.07) is 12.4. The molecule has 0 bridgehead atoms. The fourth-order valence-corrected chi connectivity index (χ4v) is 3.63. The van der Waals surface area contributed by atoms with Crippen LogP contribution in [-0.2, 0) is 4.74 Å². The van der Waals surface area contributed by atoms with E-state index in [0.717, 1.165) is 24.5 Å². The summed E-state index contributed by atoms with van der Waals surface area (Å²) in [5.74, 6) is 1.31. The number of aliphatic imine (C=N–C) groups is 3. The minimum absolute atomic E-state index is 0.149. The second kappa shape index (κ2) is 10.2. The number of nitrogens with one attached hydrogen (secondary N) is 1. The number of carbonyl (C=O) groups is 1. The number of likely N-dealkylation sites (N-methyl/N-ethyl adjacent to an activating group) is 1. The molecule has 0 amide bonds. The molecule has 4 rings (SSSR count). The summed E-state index contributed by atoms with van der Waals surface area (Å²) in [7, 11) is 2.01. The fourth-order valence-electron chi connectivity index (χ4n) is 3.63. The van der Waals surface area contributed by atoms with E-state index >= 15 is 0 Å². The Hall–Kier alpha value is -4.21. The second-order valence-electron chi connectivity index (χ2n) is 9.41. The van der Waals surface area contributed by atoms with E-state index < -0.39 is 11.6 Å². The van der Waals surface area contributed by atoms with Crippen LogP contribution in [0.1, 0.15) is 48.7 Å². The molecule has 2 aromatic carbocycles. The smallest absolute Gasteiger partial charge is 0.342 e. The van der Waals surface area contributed by atoms with Crippen LogP contribution in [0.25, 0.3) is 0 Å². The molecular weight excluding hydrogens is 460 g/mol. The van der Waals surface area contributed by atoms with Gasteiger partial charge in [0.2, 0.25) is 5.90 Å². The third-order valence-corrected chi connectivity index (χ3v) is 5.29. The topological polar surface area (TPSA) is 135 Å². The van der Waals surface area contributed by atoms with Gasteiger partial charge in [0.25, 0.3) is 0 Å². The standard InChI is InChI=1S/C26H30N6O4/c1-26(2,3)36-24(33)19-9-8-16(22(27)28)15-20(19)35-21-10-11-30-25(31-21)34-18-7-5-6-17(14-18)23-29-12-13-32(23)4/h5-9,14-15H,10-13H2,1-4H3,(H3,27,28). The Morgan fingerprint density at radius 3 is 2.58 bits per heavy atom. The number of nitrogen functional groups attached to an aromatic ring is 1. The van der Waals surface area contributed by atoms with Gasteiger partial charge in [0.15, 0.2) is 0 Å². The van der Waals surface area contributed by atoms with Crippen LogP contribution >= 0.6 is 0 Å². The van der Waals surface area contributed by atoms with Gasteiger partial charge in [0.1, 0.15) is 34.3 Å². The SMILES string of the molecule is CN1CCN=C1c1cccc(OC2=NCCC(Oc3cc(C(=N)N)ccc3C(=O)OC(C)(C)C)=N2)c1. The largest absolute Gasteiger partial charge is 0.456 e. The molecule has 188 valence electrons. The Balaban J connectivity index is 1.55. The van der Waals surface area contributed by atoms with Crippen LogP contribution in [0.2, 0.25) is 0 Å². The molecule has 2 aliphatic rings. The van der Waals surface area contributed by atoms with Crippen molar-refractivity contribution in [2.75, 3.05) is 26.7 Å². The Kier molecular flexibility index (Phi) is 7.05. The number of amidine groups is 3. The van der Waals surface area contributed by atoms with E-state index in [1.54, 1.807) is 26.8 Å². The lowest BCUT2D eigenvalue weighted by Crippen LogP contribution is -2.26. The van der Waals surface area contributed by atoms with Crippen LogP contribution in [0.3, 0.4) is 0 Å². The Morgan fingerprint density at radius 1 is 1.08 bits per heavy atom. The van der Waals surface area contributed by atoms with Crippen LogP contribution < -0.4 is 15.2 Å². The Bertz CT molecular complexity index is 1280. The maximum absolute atomic E-state index is 12.8. The van der Waals surface area contributed by atoms with Crippen LogP contribution in [0.15, 0.2) is 57.4 Å². The maximum Gasteiger partial charge on any atom is 0.342 e. The van der Waals surface area contributed by atoms with Gasteiger partial charge in [-0.05, 0) is 45.0 Å². The van der Waals surface area contributed by atoms with Crippen molar-refractivity contribution in [3.05, 3.63) is 59.2 Å². The molecule has 0 aliphatic carbocycles. The molecule has 0 radical (unpaired) electrons. The summed E-state index contributed by atoms with van der Waals surface area (Å²) in [6.07, 6.45) is 0.409. The zero-order valence-electron chi connectivity index (χ0n) is 20.9. The van der Waals surface area contributed by atoms with Gasteiger partial charge in [0.05, 0.1) is 13.1 Å². The molecule has 10 heteroatoms. The van der Waals surface area contributed by atoms with Crippen molar-refractivity contribution in [3.63, 3.8) is 0 Å². The second-order valence-corrected chi connectivity index (χ2v) is 9.41. The summed E-state index contributed by atoms with van der Waals surface area (Å²) < 4.78 is 17.4. The van der Waals surface area contributed by atoms with Crippen molar-refractivity contribution in [1.29, 1.82) is 5.41 Å². The van der Waals surface area contributed by atoms with E-state index in [9.17, 15) is 4.79 Å². The Morgan fingerprint density at radius 2 is 1.89 bits per heavy atom. The zero-order chi connectivity index (χ0) is 25.9. The van der Waals surface area contributed by atoms with Crippen LogP contribution in [0, 0.1) is 5.41 Å². The first-order chi connectivity index (χ1) is 17.1. The lowest BCUT2D eigenvalue weighted by atomic mass is 10.1. The van der Waals surface area contributed by atoms with Gasteiger partial charge >= 0.3 is 12.0 Å². The molecule has 2 aliphatic heterocycles. The zero-order valence-corrected chi connectivity index (χ0v) is 20.9. The van der Waals surface area contributed by atoms with E-state index in [2.05, 4.69) is 19.9 Å². The number of ether oxygens (including phenoxy) is 3. The van der Waals surface area contributed by atoms with Crippen LogP contribution in [0.4, 0.5) is 0 Å². The van der Waals surface area contributed by atoms with Crippen molar-refractivity contribution in [2.24, 2.45) is 20.7 Å². The number of esters is 1. The van der Waals surface area contributed by atoms with E-state index in [1.807, 2.05) is 31.3 Å². The summed E-state index contributed by atoms with van der Waals surface area (Å²) >= 11 is 0. The van der Waals surface area contributed by atoms with E-state index in [-0.39, 0.29) is 23.2 Å². The summed E-state index contributed by atoms with van der Waals surface area (Å²) in [6.45, 7) is 7.41. The van der Waals surface area contributed by atoms with Crippen molar-refractivity contribution >= 4 is 29.6 Å². The first-order valence-corrected chi connectivity index (χ1v) is 11.6. The monoisotopic (exact) mass is 490 g/mol. The molecule has 2 aromatic rings. The first kappa shape index (κ1) is 24.9. The predicted octanol–water partition coefficient (Wildman–Crippen LogP) is 3.23. The lowest BCUT2D eigenvalue weighted by molar-refractivity contribution is 0.00675. The highest BCUT2D eigenvalue weighted by molar-refractivity contribution is 6.01. The highest BCUT2D eigenvalue weighted by Gasteiger charge is 2.24. The van der Waals surface area contributed by atoms with Gasteiger partial charge in [0, 0.05) is 31.1 Å². The quantitative estimate of drug-likeness (QED) is 0.375. The molecule has 3 N–H and O–H groups in total. The van der Waals surface area contributed by atoms with Gasteiger partial charge in [-0.2, -0.15) is 4.99 Å². The summed E-state index contributed by atoms with van der Waals surface area (Å²) in [5, 5.41) is 7.75. The van der Waals surface area contributed by atoms with Gasteiger partial charge < -0.3 is 24.8 Å². The lowest BCUT2D eigenvalue weighted by Gasteiger charge is -2.21. The number of rotatable bonds is 5. The molecular formula is C26H30N6O4. The molecule has 36 heavy (non-hydrogen) atoms. The van der Waals surface area contributed by atoms with Crippen molar-refractivity contribution in [1.82, 2.24) is 4.90 Å².